The number of piperidine rings is 1. The predicted octanol–water partition coefficient (Wildman–Crippen LogP) is 2.56. The monoisotopic (exact) mass is 391 g/mol. The maximum Gasteiger partial charge on any atom is 0.233 e. The Labute approximate surface area is 163 Å². The van der Waals surface area contributed by atoms with Crippen molar-refractivity contribution < 1.29 is 14.3 Å². The molecule has 0 aliphatic carbocycles. The van der Waals surface area contributed by atoms with Gasteiger partial charge in [-0.2, -0.15) is 4.68 Å². The normalized spacial score (nSPS) is 19.8. The number of nitrogens with zero attached hydrogens (tertiary/aromatic N) is 5. The number of carbonyl (C=O) groups excluding carboxylic acids is 1. The topological polar surface area (TPSA) is 82.4 Å². The van der Waals surface area contributed by atoms with Gasteiger partial charge < -0.3 is 14.4 Å². The molecule has 146 valence electrons. The van der Waals surface area contributed by atoms with Gasteiger partial charge in [-0.15, -0.1) is 5.10 Å². The molecule has 1 fully saturated rings. The summed E-state index contributed by atoms with van der Waals surface area (Å²) in [6, 6.07) is 5.98. The van der Waals surface area contributed by atoms with E-state index in [4.69, 9.17) is 9.47 Å². The van der Waals surface area contributed by atoms with Crippen LogP contribution in [0.5, 0.6) is 11.5 Å². The van der Waals surface area contributed by atoms with Crippen LogP contribution in [0.4, 0.5) is 0 Å². The molecule has 9 heteroatoms. The smallest absolute Gasteiger partial charge is 0.233 e. The Balaban J connectivity index is 1.75. The van der Waals surface area contributed by atoms with Crippen LogP contribution >= 0.6 is 11.8 Å². The number of ether oxygens (including phenoxy) is 2. The van der Waals surface area contributed by atoms with E-state index in [-0.39, 0.29) is 18.0 Å². The van der Waals surface area contributed by atoms with Crippen molar-refractivity contribution in [1.29, 1.82) is 0 Å². The fourth-order valence-corrected chi connectivity index (χ4v) is 4.22. The molecule has 1 amide bonds. The molecule has 2 atom stereocenters. The Morgan fingerprint density at radius 2 is 1.78 bits per heavy atom. The van der Waals surface area contributed by atoms with Crippen molar-refractivity contribution in [2.75, 3.05) is 20.0 Å². The molecule has 0 spiro atoms. The number of rotatable bonds is 6. The Bertz CT molecular complexity index is 765. The molecule has 0 radical (unpaired) electrons. The molecule has 0 saturated carbocycles. The Morgan fingerprint density at radius 3 is 2.37 bits per heavy atom. The Hall–Kier alpha value is -2.29. The van der Waals surface area contributed by atoms with E-state index in [1.807, 2.05) is 17.0 Å². The number of tetrazole rings is 1. The van der Waals surface area contributed by atoms with E-state index < -0.39 is 0 Å². The number of carbonyl (C=O) groups is 1. The lowest BCUT2D eigenvalue weighted by atomic mass is 9.98. The van der Waals surface area contributed by atoms with Gasteiger partial charge in [-0.1, -0.05) is 11.8 Å². The zero-order chi connectivity index (χ0) is 19.4. The van der Waals surface area contributed by atoms with E-state index in [2.05, 4.69) is 29.4 Å². The van der Waals surface area contributed by atoms with Gasteiger partial charge in [0.1, 0.15) is 11.5 Å². The summed E-state index contributed by atoms with van der Waals surface area (Å²) >= 11 is 1.34. The molecule has 2 aromatic rings. The zero-order valence-corrected chi connectivity index (χ0v) is 16.9. The highest BCUT2D eigenvalue weighted by Crippen LogP contribution is 2.28. The molecule has 1 aromatic carbocycles. The third-order valence-electron chi connectivity index (χ3n) is 4.83. The Kier molecular flexibility index (Phi) is 6.20. The summed E-state index contributed by atoms with van der Waals surface area (Å²) in [7, 11) is 3.18. The van der Waals surface area contributed by atoms with E-state index in [1.54, 1.807) is 25.0 Å². The number of methoxy groups -OCH3 is 2. The van der Waals surface area contributed by atoms with Crippen LogP contribution in [0.3, 0.4) is 0 Å². The molecule has 1 aliphatic rings. The predicted molar refractivity (Wildman–Crippen MR) is 103 cm³/mol. The number of thioether (sulfide) groups is 1. The fourth-order valence-electron chi connectivity index (χ4n) is 3.46. The minimum absolute atomic E-state index is 0.123. The van der Waals surface area contributed by atoms with Gasteiger partial charge in [0, 0.05) is 30.3 Å². The lowest BCUT2D eigenvalue weighted by Gasteiger charge is -2.39. The zero-order valence-electron chi connectivity index (χ0n) is 16.1. The van der Waals surface area contributed by atoms with Crippen molar-refractivity contribution in [3.05, 3.63) is 18.2 Å². The van der Waals surface area contributed by atoms with Gasteiger partial charge >= 0.3 is 0 Å². The first-order chi connectivity index (χ1) is 13.0. The first kappa shape index (κ1) is 19.5. The largest absolute Gasteiger partial charge is 0.497 e. The van der Waals surface area contributed by atoms with Crippen LogP contribution in [0.2, 0.25) is 0 Å². The lowest BCUT2D eigenvalue weighted by Crippen LogP contribution is -2.48. The van der Waals surface area contributed by atoms with Crippen molar-refractivity contribution in [3.8, 4) is 17.2 Å². The third kappa shape index (κ3) is 4.35. The quantitative estimate of drug-likeness (QED) is 0.700. The van der Waals surface area contributed by atoms with Gasteiger partial charge in [-0.3, -0.25) is 4.79 Å². The first-order valence-corrected chi connectivity index (χ1v) is 9.97. The maximum absolute atomic E-state index is 12.8. The van der Waals surface area contributed by atoms with Gasteiger partial charge in [0.25, 0.3) is 0 Å². The number of likely N-dealkylation sites (tertiary alicyclic amines) is 1. The average molecular weight is 391 g/mol. The van der Waals surface area contributed by atoms with E-state index in [1.165, 1.54) is 18.2 Å². The average Bonchev–Trinajstić information content (AvgIpc) is 3.14. The van der Waals surface area contributed by atoms with E-state index >= 15 is 0 Å². The minimum atomic E-state index is 0.123. The number of aromatic nitrogens is 4. The van der Waals surface area contributed by atoms with Crippen LogP contribution in [0.15, 0.2) is 23.4 Å². The molecule has 3 rings (SSSR count). The standard InChI is InChI=1S/C18H25N5O3S/c1-12-6-5-7-13(2)22(12)17(24)11-27-18-19-20-21-23(18)14-8-15(25-3)10-16(9-14)26-4/h8-10,12-13H,5-7,11H2,1-4H3. The summed E-state index contributed by atoms with van der Waals surface area (Å²) in [5.41, 5.74) is 0.714. The van der Waals surface area contributed by atoms with Crippen molar-refractivity contribution in [1.82, 2.24) is 25.1 Å². The summed E-state index contributed by atoms with van der Waals surface area (Å²) in [4.78, 5) is 14.7. The summed E-state index contributed by atoms with van der Waals surface area (Å²) in [5.74, 6) is 1.71. The molecule has 8 nitrogen and oxygen atoms in total. The van der Waals surface area contributed by atoms with Gasteiger partial charge in [0.15, 0.2) is 0 Å². The fraction of sp³-hybridized carbons (Fsp3) is 0.556. The Morgan fingerprint density at radius 1 is 1.15 bits per heavy atom. The van der Waals surface area contributed by atoms with E-state index in [0.717, 1.165) is 12.8 Å². The second-order valence-corrected chi connectivity index (χ2v) is 7.61. The highest BCUT2D eigenvalue weighted by Gasteiger charge is 2.29. The second kappa shape index (κ2) is 8.60. The third-order valence-corrected chi connectivity index (χ3v) is 5.73. The minimum Gasteiger partial charge on any atom is -0.497 e. The molecule has 1 saturated heterocycles. The van der Waals surface area contributed by atoms with Crippen LogP contribution in [0.1, 0.15) is 33.1 Å². The molecule has 1 aromatic heterocycles. The van der Waals surface area contributed by atoms with Gasteiger partial charge in [0.05, 0.1) is 25.7 Å². The van der Waals surface area contributed by atoms with Crippen molar-refractivity contribution in [2.45, 2.75) is 50.4 Å². The van der Waals surface area contributed by atoms with Crippen LogP contribution in [-0.2, 0) is 4.79 Å². The molecule has 2 unspecified atom stereocenters. The number of hydrogen-bond acceptors (Lipinski definition) is 7. The lowest BCUT2D eigenvalue weighted by molar-refractivity contribution is -0.134. The summed E-state index contributed by atoms with van der Waals surface area (Å²) < 4.78 is 12.2. The maximum atomic E-state index is 12.8. The summed E-state index contributed by atoms with van der Waals surface area (Å²) in [6.07, 6.45) is 3.29. The molecule has 1 aliphatic heterocycles. The van der Waals surface area contributed by atoms with Crippen molar-refractivity contribution >= 4 is 17.7 Å². The van der Waals surface area contributed by atoms with Crippen LogP contribution in [-0.4, -0.2) is 63.1 Å². The summed E-state index contributed by atoms with van der Waals surface area (Å²) in [6.45, 7) is 4.23. The van der Waals surface area contributed by atoms with Gasteiger partial charge in [-0.25, -0.2) is 0 Å². The SMILES string of the molecule is COc1cc(OC)cc(-n2nnnc2SCC(=O)N2C(C)CCCC2C)c1. The van der Waals surface area contributed by atoms with Gasteiger partial charge in [0.2, 0.25) is 11.1 Å². The number of hydrogen-bond donors (Lipinski definition) is 0. The molecule has 2 heterocycles. The highest BCUT2D eigenvalue weighted by atomic mass is 32.2. The van der Waals surface area contributed by atoms with Gasteiger partial charge in [-0.05, 0) is 43.5 Å². The molecular formula is C18H25N5O3S. The number of benzene rings is 1. The molecular weight excluding hydrogens is 366 g/mol. The van der Waals surface area contributed by atoms with Crippen LogP contribution in [0, 0.1) is 0 Å². The summed E-state index contributed by atoms with van der Waals surface area (Å²) in [5, 5.41) is 12.4. The first-order valence-electron chi connectivity index (χ1n) is 8.99. The molecule has 0 N–H and O–H groups in total. The van der Waals surface area contributed by atoms with E-state index in [0.29, 0.717) is 28.1 Å². The van der Waals surface area contributed by atoms with Crippen LogP contribution in [0.25, 0.3) is 5.69 Å². The highest BCUT2D eigenvalue weighted by molar-refractivity contribution is 7.99. The van der Waals surface area contributed by atoms with E-state index in [9.17, 15) is 4.79 Å². The second-order valence-electron chi connectivity index (χ2n) is 6.66. The van der Waals surface area contributed by atoms with Crippen LogP contribution < -0.4 is 9.47 Å². The molecule has 27 heavy (non-hydrogen) atoms. The van der Waals surface area contributed by atoms with Crippen molar-refractivity contribution in [2.24, 2.45) is 0 Å². The van der Waals surface area contributed by atoms with Crippen molar-refractivity contribution in [3.63, 3.8) is 0 Å². The molecule has 0 bridgehead atoms. The number of amides is 1.